The molecular formula is C15H13FO2. The minimum absolute atomic E-state index is 0.168. The predicted molar refractivity (Wildman–Crippen MR) is 67.3 cm³/mol. The molecular weight excluding hydrogens is 231 g/mol. The number of ether oxygens (including phenoxy) is 1. The van der Waals surface area contributed by atoms with E-state index in [-0.39, 0.29) is 11.6 Å². The number of benzene rings is 2. The fraction of sp³-hybridized carbons (Fsp3) is 0.133. The van der Waals surface area contributed by atoms with Crippen LogP contribution in [-0.2, 0) is 0 Å². The summed E-state index contributed by atoms with van der Waals surface area (Å²) in [5.74, 6) is 0.113. The maximum atomic E-state index is 12.8. The van der Waals surface area contributed by atoms with Crippen molar-refractivity contribution >= 4 is 5.78 Å². The zero-order chi connectivity index (χ0) is 13.0. The maximum absolute atomic E-state index is 12.8. The largest absolute Gasteiger partial charge is 0.483 e. The van der Waals surface area contributed by atoms with Crippen molar-refractivity contribution in [2.75, 3.05) is 0 Å². The lowest BCUT2D eigenvalue weighted by atomic mass is 10.1. The zero-order valence-corrected chi connectivity index (χ0v) is 9.97. The minimum atomic E-state index is -0.599. The van der Waals surface area contributed by atoms with Crippen molar-refractivity contribution in [1.82, 2.24) is 0 Å². The van der Waals surface area contributed by atoms with Crippen molar-refractivity contribution in [1.29, 1.82) is 0 Å². The SMILES string of the molecule is CC(Oc1ccccc1)C(=O)c1ccc(F)cc1. The van der Waals surface area contributed by atoms with Gasteiger partial charge in [0.1, 0.15) is 11.6 Å². The normalized spacial score (nSPS) is 11.9. The summed E-state index contributed by atoms with van der Waals surface area (Å²) in [7, 11) is 0. The van der Waals surface area contributed by atoms with Gasteiger partial charge in [-0.15, -0.1) is 0 Å². The van der Waals surface area contributed by atoms with Crippen LogP contribution in [0, 0.1) is 5.82 Å². The second-order valence-corrected chi connectivity index (χ2v) is 3.94. The molecule has 2 nitrogen and oxygen atoms in total. The summed E-state index contributed by atoms with van der Waals surface area (Å²) in [6.07, 6.45) is -0.599. The highest BCUT2D eigenvalue weighted by molar-refractivity contribution is 5.99. The van der Waals surface area contributed by atoms with Crippen molar-refractivity contribution < 1.29 is 13.9 Å². The first-order valence-electron chi connectivity index (χ1n) is 5.68. The molecule has 0 N–H and O–H groups in total. The van der Waals surface area contributed by atoms with Gasteiger partial charge in [-0.1, -0.05) is 18.2 Å². The van der Waals surface area contributed by atoms with Crippen LogP contribution in [0.25, 0.3) is 0 Å². The van der Waals surface area contributed by atoms with E-state index in [1.165, 1.54) is 24.3 Å². The van der Waals surface area contributed by atoms with Crippen molar-refractivity contribution in [2.24, 2.45) is 0 Å². The Morgan fingerprint density at radius 3 is 2.28 bits per heavy atom. The van der Waals surface area contributed by atoms with E-state index >= 15 is 0 Å². The zero-order valence-electron chi connectivity index (χ0n) is 9.97. The number of rotatable bonds is 4. The predicted octanol–water partition coefficient (Wildman–Crippen LogP) is 3.48. The van der Waals surface area contributed by atoms with Crippen molar-refractivity contribution in [3.63, 3.8) is 0 Å². The maximum Gasteiger partial charge on any atom is 0.202 e. The Balaban J connectivity index is 2.07. The molecule has 92 valence electrons. The van der Waals surface area contributed by atoms with Crippen LogP contribution >= 0.6 is 0 Å². The molecule has 0 spiro atoms. The summed E-state index contributed by atoms with van der Waals surface area (Å²) in [5.41, 5.74) is 0.444. The van der Waals surface area contributed by atoms with E-state index in [1.807, 2.05) is 18.2 Å². The second kappa shape index (κ2) is 5.45. The Bertz CT molecular complexity index is 520. The molecule has 0 aromatic heterocycles. The molecule has 0 saturated heterocycles. The molecule has 2 aromatic rings. The quantitative estimate of drug-likeness (QED) is 0.770. The molecule has 0 fully saturated rings. The first-order chi connectivity index (χ1) is 8.66. The van der Waals surface area contributed by atoms with Crippen LogP contribution in [0.3, 0.4) is 0 Å². The number of para-hydroxylation sites is 1. The number of hydrogen-bond donors (Lipinski definition) is 0. The monoisotopic (exact) mass is 244 g/mol. The summed E-state index contributed by atoms with van der Waals surface area (Å²) in [4.78, 5) is 12.0. The second-order valence-electron chi connectivity index (χ2n) is 3.94. The van der Waals surface area contributed by atoms with Crippen LogP contribution < -0.4 is 4.74 Å². The van der Waals surface area contributed by atoms with Crippen LogP contribution in [0.4, 0.5) is 4.39 Å². The molecule has 0 bridgehead atoms. The molecule has 2 aromatic carbocycles. The Hall–Kier alpha value is -2.16. The van der Waals surface area contributed by atoms with E-state index in [9.17, 15) is 9.18 Å². The van der Waals surface area contributed by atoms with E-state index in [0.29, 0.717) is 11.3 Å². The molecule has 1 atom stereocenters. The van der Waals surface area contributed by atoms with E-state index in [2.05, 4.69) is 0 Å². The minimum Gasteiger partial charge on any atom is -0.483 e. The van der Waals surface area contributed by atoms with Gasteiger partial charge in [-0.25, -0.2) is 4.39 Å². The third-order valence-electron chi connectivity index (χ3n) is 2.55. The number of halogens is 1. The van der Waals surface area contributed by atoms with Gasteiger partial charge in [0.15, 0.2) is 6.10 Å². The van der Waals surface area contributed by atoms with E-state index in [4.69, 9.17) is 4.74 Å². The van der Waals surface area contributed by atoms with E-state index in [0.717, 1.165) is 0 Å². The molecule has 18 heavy (non-hydrogen) atoms. The van der Waals surface area contributed by atoms with Gasteiger partial charge >= 0.3 is 0 Å². The number of carbonyl (C=O) groups is 1. The molecule has 2 rings (SSSR count). The van der Waals surface area contributed by atoms with Crippen LogP contribution in [0.5, 0.6) is 5.75 Å². The van der Waals surface area contributed by atoms with Crippen LogP contribution in [0.15, 0.2) is 54.6 Å². The average Bonchev–Trinajstić information content (AvgIpc) is 2.40. The highest BCUT2D eigenvalue weighted by Gasteiger charge is 2.16. The Morgan fingerprint density at radius 1 is 1.06 bits per heavy atom. The van der Waals surface area contributed by atoms with Crippen molar-refractivity contribution in [3.8, 4) is 5.75 Å². The molecule has 3 heteroatoms. The third-order valence-corrected chi connectivity index (χ3v) is 2.55. The Kier molecular flexibility index (Phi) is 3.72. The number of Topliss-reactive ketones (excluding diaryl/α,β-unsaturated/α-hetero) is 1. The first kappa shape index (κ1) is 12.3. The highest BCUT2D eigenvalue weighted by Crippen LogP contribution is 2.14. The van der Waals surface area contributed by atoms with Crippen molar-refractivity contribution in [2.45, 2.75) is 13.0 Å². The molecule has 0 heterocycles. The lowest BCUT2D eigenvalue weighted by molar-refractivity contribution is 0.0818. The molecule has 0 saturated carbocycles. The lowest BCUT2D eigenvalue weighted by Crippen LogP contribution is -2.23. The topological polar surface area (TPSA) is 26.3 Å². The first-order valence-corrected chi connectivity index (χ1v) is 5.68. The summed E-state index contributed by atoms with van der Waals surface area (Å²) >= 11 is 0. The number of hydrogen-bond acceptors (Lipinski definition) is 2. The fourth-order valence-corrected chi connectivity index (χ4v) is 1.61. The van der Waals surface area contributed by atoms with Crippen LogP contribution in [0.2, 0.25) is 0 Å². The lowest BCUT2D eigenvalue weighted by Gasteiger charge is -2.13. The smallest absolute Gasteiger partial charge is 0.202 e. The Morgan fingerprint density at radius 2 is 1.67 bits per heavy atom. The average molecular weight is 244 g/mol. The molecule has 0 aliphatic carbocycles. The Labute approximate surface area is 105 Å². The van der Waals surface area contributed by atoms with Crippen LogP contribution in [-0.4, -0.2) is 11.9 Å². The molecule has 0 amide bonds. The van der Waals surface area contributed by atoms with Gasteiger partial charge in [0.05, 0.1) is 0 Å². The molecule has 1 unspecified atom stereocenters. The van der Waals surface area contributed by atoms with Gasteiger partial charge in [0, 0.05) is 5.56 Å². The van der Waals surface area contributed by atoms with Gasteiger partial charge in [-0.2, -0.15) is 0 Å². The summed E-state index contributed by atoms with van der Waals surface area (Å²) in [6, 6.07) is 14.6. The summed E-state index contributed by atoms with van der Waals surface area (Å²) in [6.45, 7) is 1.68. The van der Waals surface area contributed by atoms with Gasteiger partial charge in [-0.05, 0) is 43.3 Å². The van der Waals surface area contributed by atoms with Crippen LogP contribution in [0.1, 0.15) is 17.3 Å². The van der Waals surface area contributed by atoms with E-state index in [1.54, 1.807) is 19.1 Å². The summed E-state index contributed by atoms with van der Waals surface area (Å²) < 4.78 is 18.3. The van der Waals surface area contributed by atoms with Gasteiger partial charge in [0.2, 0.25) is 5.78 Å². The fourth-order valence-electron chi connectivity index (χ4n) is 1.61. The van der Waals surface area contributed by atoms with Crippen molar-refractivity contribution in [3.05, 3.63) is 66.0 Å². The van der Waals surface area contributed by atoms with Gasteiger partial charge in [-0.3, -0.25) is 4.79 Å². The number of ketones is 1. The van der Waals surface area contributed by atoms with Gasteiger partial charge < -0.3 is 4.74 Å². The standard InChI is InChI=1S/C15H13FO2/c1-11(18-14-5-3-2-4-6-14)15(17)12-7-9-13(16)10-8-12/h2-11H,1H3. The summed E-state index contributed by atoms with van der Waals surface area (Å²) in [5, 5.41) is 0. The molecule has 0 aliphatic rings. The third kappa shape index (κ3) is 2.94. The van der Waals surface area contributed by atoms with Gasteiger partial charge in [0.25, 0.3) is 0 Å². The van der Waals surface area contributed by atoms with E-state index < -0.39 is 6.10 Å². The highest BCUT2D eigenvalue weighted by atomic mass is 19.1. The molecule has 0 radical (unpaired) electrons. The molecule has 0 aliphatic heterocycles. The number of carbonyl (C=O) groups excluding carboxylic acids is 1.